The number of benzene rings is 1. The van der Waals surface area contributed by atoms with Crippen molar-refractivity contribution in [1.82, 2.24) is 20.6 Å². The van der Waals surface area contributed by atoms with Crippen molar-refractivity contribution in [3.8, 4) is 11.4 Å². The molecule has 3 N–H and O–H groups in total. The second-order valence-corrected chi connectivity index (χ2v) is 4.72. The van der Waals surface area contributed by atoms with E-state index in [1.54, 1.807) is 31.2 Å². The highest BCUT2D eigenvalue weighted by molar-refractivity contribution is 5.95. The minimum atomic E-state index is -1.00. The molecule has 2 aromatic rings. The molecule has 8 nitrogen and oxygen atoms in total. The summed E-state index contributed by atoms with van der Waals surface area (Å²) in [5, 5.41) is 25.2. The lowest BCUT2D eigenvalue weighted by Crippen LogP contribution is -2.29. The van der Waals surface area contributed by atoms with Gasteiger partial charge in [0, 0.05) is 17.2 Å². The van der Waals surface area contributed by atoms with Gasteiger partial charge in [0.05, 0.1) is 5.92 Å². The summed E-state index contributed by atoms with van der Waals surface area (Å²) < 4.78 is 0. The summed E-state index contributed by atoms with van der Waals surface area (Å²) in [6.45, 7) is 3.08. The van der Waals surface area contributed by atoms with Crippen LogP contribution >= 0.6 is 0 Å². The smallest absolute Gasteiger partial charge is 0.307 e. The number of tetrazole rings is 1. The Balaban J connectivity index is 2.11. The van der Waals surface area contributed by atoms with Crippen molar-refractivity contribution < 1.29 is 14.7 Å². The molecular formula is C13H15N5O3. The molecule has 1 aromatic heterocycles. The number of anilines is 1. The van der Waals surface area contributed by atoms with Crippen LogP contribution in [0.25, 0.3) is 11.4 Å². The van der Waals surface area contributed by atoms with E-state index in [2.05, 4.69) is 25.9 Å². The molecule has 0 aliphatic carbocycles. The number of carboxylic acids is 1. The fraction of sp³-hybridized carbons (Fsp3) is 0.308. The number of nitrogens with zero attached hydrogens (tertiary/aromatic N) is 3. The van der Waals surface area contributed by atoms with Crippen LogP contribution in [-0.4, -0.2) is 37.6 Å². The number of hydrogen-bond donors (Lipinski definition) is 3. The molecule has 0 saturated heterocycles. The van der Waals surface area contributed by atoms with Crippen molar-refractivity contribution in [3.63, 3.8) is 0 Å². The molecule has 110 valence electrons. The summed E-state index contributed by atoms with van der Waals surface area (Å²) in [6.07, 6.45) is 0. The maximum absolute atomic E-state index is 12.0. The van der Waals surface area contributed by atoms with Gasteiger partial charge in [-0.05, 0) is 17.3 Å². The van der Waals surface area contributed by atoms with Gasteiger partial charge in [0.25, 0.3) is 0 Å². The van der Waals surface area contributed by atoms with E-state index in [1.165, 1.54) is 6.92 Å². The highest BCUT2D eigenvalue weighted by Gasteiger charge is 2.25. The van der Waals surface area contributed by atoms with Gasteiger partial charge in [0.2, 0.25) is 11.7 Å². The van der Waals surface area contributed by atoms with E-state index in [9.17, 15) is 9.59 Å². The van der Waals surface area contributed by atoms with Gasteiger partial charge < -0.3 is 10.4 Å². The molecule has 0 radical (unpaired) electrons. The zero-order chi connectivity index (χ0) is 15.4. The lowest BCUT2D eigenvalue weighted by Gasteiger charge is -2.15. The first-order valence-electron chi connectivity index (χ1n) is 6.36. The molecular weight excluding hydrogens is 274 g/mol. The summed E-state index contributed by atoms with van der Waals surface area (Å²) in [7, 11) is 0. The highest BCUT2D eigenvalue weighted by Crippen LogP contribution is 2.20. The van der Waals surface area contributed by atoms with Crippen molar-refractivity contribution in [2.24, 2.45) is 11.8 Å². The molecule has 0 spiro atoms. The molecule has 1 amide bonds. The van der Waals surface area contributed by atoms with Gasteiger partial charge in [0.1, 0.15) is 0 Å². The molecule has 1 aromatic carbocycles. The maximum Gasteiger partial charge on any atom is 0.307 e. The molecule has 0 bridgehead atoms. The fourth-order valence-corrected chi connectivity index (χ4v) is 1.72. The Labute approximate surface area is 120 Å². The maximum atomic E-state index is 12.0. The van der Waals surface area contributed by atoms with E-state index in [4.69, 9.17) is 5.11 Å². The number of H-pyrrole nitrogens is 1. The molecule has 2 atom stereocenters. The third-order valence-electron chi connectivity index (χ3n) is 3.29. The number of aromatic nitrogens is 4. The number of aromatic amines is 1. The molecule has 2 unspecified atom stereocenters. The van der Waals surface area contributed by atoms with E-state index < -0.39 is 17.8 Å². The van der Waals surface area contributed by atoms with Crippen LogP contribution in [0.2, 0.25) is 0 Å². The SMILES string of the molecule is CC(C(=O)O)C(C)C(=O)Nc1cccc(-c2nn[nH]n2)c1. The topological polar surface area (TPSA) is 121 Å². The minimum absolute atomic E-state index is 0.352. The zero-order valence-corrected chi connectivity index (χ0v) is 11.6. The molecule has 0 aliphatic rings. The first-order chi connectivity index (χ1) is 9.99. The summed E-state index contributed by atoms with van der Waals surface area (Å²) >= 11 is 0. The van der Waals surface area contributed by atoms with E-state index in [1.807, 2.05) is 0 Å². The molecule has 21 heavy (non-hydrogen) atoms. The van der Waals surface area contributed by atoms with Crippen molar-refractivity contribution in [3.05, 3.63) is 24.3 Å². The Hall–Kier alpha value is -2.77. The third-order valence-corrected chi connectivity index (χ3v) is 3.29. The molecule has 0 fully saturated rings. The number of rotatable bonds is 5. The number of nitrogens with one attached hydrogen (secondary N) is 2. The number of amides is 1. The number of carbonyl (C=O) groups excluding carboxylic acids is 1. The van der Waals surface area contributed by atoms with Gasteiger partial charge in [0.15, 0.2) is 0 Å². The van der Waals surface area contributed by atoms with Gasteiger partial charge >= 0.3 is 5.97 Å². The number of carbonyl (C=O) groups is 2. The first-order valence-corrected chi connectivity index (χ1v) is 6.36. The van der Waals surface area contributed by atoms with Gasteiger partial charge in [-0.3, -0.25) is 9.59 Å². The van der Waals surface area contributed by atoms with Gasteiger partial charge in [-0.1, -0.05) is 26.0 Å². The van der Waals surface area contributed by atoms with Gasteiger partial charge in [-0.25, -0.2) is 0 Å². The number of carboxylic acid groups (broad SMARTS) is 1. The minimum Gasteiger partial charge on any atom is -0.481 e. The Bertz CT molecular complexity index is 641. The molecule has 0 aliphatic heterocycles. The largest absolute Gasteiger partial charge is 0.481 e. The highest BCUT2D eigenvalue weighted by atomic mass is 16.4. The summed E-state index contributed by atoms with van der Waals surface area (Å²) in [4.78, 5) is 22.9. The van der Waals surface area contributed by atoms with Crippen LogP contribution in [-0.2, 0) is 9.59 Å². The van der Waals surface area contributed by atoms with Gasteiger partial charge in [-0.15, -0.1) is 10.2 Å². The average Bonchev–Trinajstić information content (AvgIpc) is 3.00. The second-order valence-electron chi connectivity index (χ2n) is 4.72. The van der Waals surface area contributed by atoms with Crippen LogP contribution in [0.4, 0.5) is 5.69 Å². The molecule has 2 rings (SSSR count). The standard InChI is InChI=1S/C13H15N5O3/c1-7(8(2)13(20)21)12(19)14-10-5-3-4-9(6-10)11-15-17-18-16-11/h3-8H,1-2H3,(H,14,19)(H,20,21)(H,15,16,17,18). The Morgan fingerprint density at radius 3 is 2.67 bits per heavy atom. The summed E-state index contributed by atoms with van der Waals surface area (Å²) in [5.41, 5.74) is 1.24. The van der Waals surface area contributed by atoms with Crippen molar-refractivity contribution >= 4 is 17.6 Å². The van der Waals surface area contributed by atoms with Crippen molar-refractivity contribution in [1.29, 1.82) is 0 Å². The molecule has 8 heteroatoms. The quantitative estimate of drug-likeness (QED) is 0.759. The van der Waals surface area contributed by atoms with Crippen LogP contribution in [0.3, 0.4) is 0 Å². The Morgan fingerprint density at radius 2 is 2.05 bits per heavy atom. The van der Waals surface area contributed by atoms with E-state index in [-0.39, 0.29) is 5.91 Å². The van der Waals surface area contributed by atoms with Crippen LogP contribution < -0.4 is 5.32 Å². The normalized spacial score (nSPS) is 13.4. The Kier molecular flexibility index (Phi) is 4.27. The lowest BCUT2D eigenvalue weighted by atomic mass is 9.95. The molecule has 1 heterocycles. The number of aliphatic carboxylic acids is 1. The van der Waals surface area contributed by atoms with E-state index in [0.29, 0.717) is 17.1 Å². The van der Waals surface area contributed by atoms with Crippen LogP contribution in [0.1, 0.15) is 13.8 Å². The average molecular weight is 289 g/mol. The summed E-state index contributed by atoms with van der Waals surface area (Å²) in [5.74, 6) is -2.34. The van der Waals surface area contributed by atoms with Crippen LogP contribution in [0.15, 0.2) is 24.3 Å². The lowest BCUT2D eigenvalue weighted by molar-refractivity contribution is -0.145. The van der Waals surface area contributed by atoms with Crippen LogP contribution in [0, 0.1) is 11.8 Å². The third kappa shape index (κ3) is 3.41. The predicted molar refractivity (Wildman–Crippen MR) is 74.2 cm³/mol. The molecule has 0 saturated carbocycles. The zero-order valence-electron chi connectivity index (χ0n) is 11.6. The van der Waals surface area contributed by atoms with Crippen LogP contribution in [0.5, 0.6) is 0 Å². The van der Waals surface area contributed by atoms with Gasteiger partial charge in [-0.2, -0.15) is 5.21 Å². The predicted octanol–water partition coefficient (Wildman–Crippen LogP) is 1.16. The van der Waals surface area contributed by atoms with Crippen molar-refractivity contribution in [2.75, 3.05) is 5.32 Å². The Morgan fingerprint density at radius 1 is 1.29 bits per heavy atom. The van der Waals surface area contributed by atoms with E-state index >= 15 is 0 Å². The summed E-state index contributed by atoms with van der Waals surface area (Å²) in [6, 6.07) is 6.93. The van der Waals surface area contributed by atoms with E-state index in [0.717, 1.165) is 0 Å². The first kappa shape index (κ1) is 14.6. The monoisotopic (exact) mass is 289 g/mol. The number of hydrogen-bond acceptors (Lipinski definition) is 5. The fourth-order valence-electron chi connectivity index (χ4n) is 1.72. The second kappa shape index (κ2) is 6.12. The van der Waals surface area contributed by atoms with Crippen molar-refractivity contribution in [2.45, 2.75) is 13.8 Å².